The van der Waals surface area contributed by atoms with E-state index in [1.165, 1.54) is 5.56 Å². The molecule has 0 fully saturated rings. The Morgan fingerprint density at radius 3 is 3.00 bits per heavy atom. The lowest BCUT2D eigenvalue weighted by atomic mass is 9.94. The van der Waals surface area contributed by atoms with Gasteiger partial charge in [-0.3, -0.25) is 4.79 Å². The van der Waals surface area contributed by atoms with Crippen LogP contribution >= 0.6 is 0 Å². The number of hydrogen-bond donors (Lipinski definition) is 2. The van der Waals surface area contributed by atoms with Gasteiger partial charge in [0, 0.05) is 17.5 Å². The van der Waals surface area contributed by atoms with Gasteiger partial charge in [-0.1, -0.05) is 18.2 Å². The largest absolute Gasteiger partial charge is 0.493 e. The number of fused-ring (bicyclic) bond motifs is 1. The summed E-state index contributed by atoms with van der Waals surface area (Å²) in [5.41, 5.74) is 1.21. The van der Waals surface area contributed by atoms with Gasteiger partial charge in [-0.2, -0.15) is 0 Å². The third-order valence-electron chi connectivity index (χ3n) is 3.96. The van der Waals surface area contributed by atoms with Crippen molar-refractivity contribution in [1.29, 1.82) is 0 Å². The van der Waals surface area contributed by atoms with E-state index in [-0.39, 0.29) is 24.4 Å². The third kappa shape index (κ3) is 3.31. The predicted molar refractivity (Wildman–Crippen MR) is 82.7 cm³/mol. The van der Waals surface area contributed by atoms with Crippen molar-refractivity contribution in [2.75, 3.05) is 13.2 Å². The summed E-state index contributed by atoms with van der Waals surface area (Å²) in [5, 5.41) is 6.10. The number of rotatable bonds is 6. The number of carbonyl (C=O) groups is 1. The molecule has 2 atom stereocenters. The van der Waals surface area contributed by atoms with Gasteiger partial charge >= 0.3 is 0 Å². The molecule has 5 heteroatoms. The zero-order chi connectivity index (χ0) is 15.4. The Kier molecular flexibility index (Phi) is 4.44. The first kappa shape index (κ1) is 14.7. The van der Waals surface area contributed by atoms with E-state index in [2.05, 4.69) is 23.6 Å². The summed E-state index contributed by atoms with van der Waals surface area (Å²) >= 11 is 0. The molecule has 1 amide bonds. The fourth-order valence-corrected chi connectivity index (χ4v) is 2.66. The smallest absolute Gasteiger partial charge is 0.234 e. The van der Waals surface area contributed by atoms with Crippen LogP contribution in [0.5, 0.6) is 5.75 Å². The summed E-state index contributed by atoms with van der Waals surface area (Å²) in [7, 11) is 0. The summed E-state index contributed by atoms with van der Waals surface area (Å²) in [6.45, 7) is 3.43. The quantitative estimate of drug-likeness (QED) is 0.857. The van der Waals surface area contributed by atoms with Crippen molar-refractivity contribution < 1.29 is 13.9 Å². The van der Waals surface area contributed by atoms with Crippen LogP contribution in [0, 0.1) is 0 Å². The molecule has 1 aliphatic heterocycles. The van der Waals surface area contributed by atoms with Crippen LogP contribution in [-0.2, 0) is 11.3 Å². The Hall–Kier alpha value is -2.27. The van der Waals surface area contributed by atoms with Crippen LogP contribution in [0.15, 0.2) is 47.1 Å². The summed E-state index contributed by atoms with van der Waals surface area (Å²) in [6, 6.07) is 11.9. The van der Waals surface area contributed by atoms with Gasteiger partial charge in [-0.25, -0.2) is 0 Å². The molecule has 2 heterocycles. The molecule has 2 N–H and O–H groups in total. The van der Waals surface area contributed by atoms with Crippen molar-refractivity contribution >= 4 is 5.91 Å². The van der Waals surface area contributed by atoms with E-state index in [0.29, 0.717) is 13.2 Å². The van der Waals surface area contributed by atoms with Crippen LogP contribution in [-0.4, -0.2) is 25.1 Å². The van der Waals surface area contributed by atoms with Crippen molar-refractivity contribution in [2.45, 2.75) is 25.4 Å². The van der Waals surface area contributed by atoms with Gasteiger partial charge in [0.2, 0.25) is 5.91 Å². The number of furan rings is 1. The average molecular weight is 300 g/mol. The highest BCUT2D eigenvalue weighted by Gasteiger charge is 2.28. The Balaban J connectivity index is 1.46. The minimum Gasteiger partial charge on any atom is -0.493 e. The summed E-state index contributed by atoms with van der Waals surface area (Å²) in [4.78, 5) is 11.9. The second kappa shape index (κ2) is 6.66. The van der Waals surface area contributed by atoms with Crippen molar-refractivity contribution in [3.8, 4) is 5.75 Å². The van der Waals surface area contributed by atoms with E-state index in [1.54, 1.807) is 12.3 Å². The summed E-state index contributed by atoms with van der Waals surface area (Å²) in [5.74, 6) is 1.92. The molecule has 0 radical (unpaired) electrons. The third-order valence-corrected chi connectivity index (χ3v) is 3.96. The van der Waals surface area contributed by atoms with E-state index in [1.807, 2.05) is 24.3 Å². The molecule has 1 aliphatic rings. The second-order valence-corrected chi connectivity index (χ2v) is 5.48. The molecule has 22 heavy (non-hydrogen) atoms. The standard InChI is InChI=1S/C17H20N2O3/c1-12(15-11-22-16-7-3-2-6-14(15)16)18-10-17(20)19-9-13-5-4-8-21-13/h2-8,12,15,18H,9-11H2,1H3,(H,19,20). The molecule has 1 aromatic heterocycles. The first-order chi connectivity index (χ1) is 10.7. The van der Waals surface area contributed by atoms with Crippen LogP contribution in [0.3, 0.4) is 0 Å². The Bertz CT molecular complexity index is 625. The second-order valence-electron chi connectivity index (χ2n) is 5.48. The molecule has 2 unspecified atom stereocenters. The molecule has 116 valence electrons. The van der Waals surface area contributed by atoms with Crippen molar-refractivity contribution in [2.24, 2.45) is 0 Å². The number of nitrogens with one attached hydrogen (secondary N) is 2. The van der Waals surface area contributed by atoms with Gasteiger partial charge in [0.25, 0.3) is 0 Å². The Labute approximate surface area is 129 Å². The van der Waals surface area contributed by atoms with Crippen molar-refractivity contribution in [3.05, 3.63) is 54.0 Å². The first-order valence-electron chi connectivity index (χ1n) is 7.48. The van der Waals surface area contributed by atoms with E-state index in [4.69, 9.17) is 9.15 Å². The maximum atomic E-state index is 11.9. The molecule has 0 spiro atoms. The molecule has 2 aromatic rings. The van der Waals surface area contributed by atoms with Gasteiger partial charge in [0.15, 0.2) is 0 Å². The van der Waals surface area contributed by atoms with E-state index >= 15 is 0 Å². The van der Waals surface area contributed by atoms with E-state index in [9.17, 15) is 4.79 Å². The molecule has 1 aromatic carbocycles. The number of hydrogen-bond acceptors (Lipinski definition) is 4. The van der Waals surface area contributed by atoms with Gasteiger partial charge in [-0.15, -0.1) is 0 Å². The van der Waals surface area contributed by atoms with Crippen LogP contribution < -0.4 is 15.4 Å². The fourth-order valence-electron chi connectivity index (χ4n) is 2.66. The maximum Gasteiger partial charge on any atom is 0.234 e. The van der Waals surface area contributed by atoms with Crippen LogP contribution in [0.25, 0.3) is 0 Å². The van der Waals surface area contributed by atoms with Gasteiger partial charge < -0.3 is 19.8 Å². The first-order valence-corrected chi connectivity index (χ1v) is 7.48. The SMILES string of the molecule is CC(NCC(=O)NCc1ccco1)C1COc2ccccc21. The number of benzene rings is 1. The monoisotopic (exact) mass is 300 g/mol. The molecule has 0 aliphatic carbocycles. The lowest BCUT2D eigenvalue weighted by Gasteiger charge is -2.19. The molecule has 5 nitrogen and oxygen atoms in total. The summed E-state index contributed by atoms with van der Waals surface area (Å²) < 4.78 is 10.9. The number of ether oxygens (including phenoxy) is 1. The zero-order valence-electron chi connectivity index (χ0n) is 12.5. The lowest BCUT2D eigenvalue weighted by Crippen LogP contribution is -2.40. The Morgan fingerprint density at radius 2 is 2.18 bits per heavy atom. The predicted octanol–water partition coefficient (Wildman–Crippen LogP) is 2.05. The fraction of sp³-hybridized carbons (Fsp3) is 0.353. The highest BCUT2D eigenvalue weighted by molar-refractivity contribution is 5.77. The summed E-state index contributed by atoms with van der Waals surface area (Å²) in [6.07, 6.45) is 1.60. The van der Waals surface area contributed by atoms with Crippen molar-refractivity contribution in [3.63, 3.8) is 0 Å². The molecular weight excluding hydrogens is 280 g/mol. The van der Waals surface area contributed by atoms with E-state index < -0.39 is 0 Å². The van der Waals surface area contributed by atoms with Gasteiger partial charge in [0.05, 0.1) is 26.0 Å². The highest BCUT2D eigenvalue weighted by Crippen LogP contribution is 2.35. The number of amides is 1. The maximum absolute atomic E-state index is 11.9. The van der Waals surface area contributed by atoms with Crippen LogP contribution in [0.4, 0.5) is 0 Å². The van der Waals surface area contributed by atoms with E-state index in [0.717, 1.165) is 11.5 Å². The number of carbonyl (C=O) groups excluding carboxylic acids is 1. The zero-order valence-corrected chi connectivity index (χ0v) is 12.5. The Morgan fingerprint density at radius 1 is 1.32 bits per heavy atom. The number of para-hydroxylation sites is 1. The van der Waals surface area contributed by atoms with Crippen LogP contribution in [0.2, 0.25) is 0 Å². The van der Waals surface area contributed by atoms with Crippen LogP contribution in [0.1, 0.15) is 24.2 Å². The minimum atomic E-state index is -0.0459. The average Bonchev–Trinajstić information content (AvgIpc) is 3.19. The minimum absolute atomic E-state index is 0.0459. The normalized spacial score (nSPS) is 17.6. The van der Waals surface area contributed by atoms with Gasteiger partial charge in [-0.05, 0) is 25.1 Å². The topological polar surface area (TPSA) is 63.5 Å². The molecule has 3 rings (SSSR count). The molecule has 0 bridgehead atoms. The molecular formula is C17H20N2O3. The van der Waals surface area contributed by atoms with Gasteiger partial charge in [0.1, 0.15) is 11.5 Å². The van der Waals surface area contributed by atoms with Crippen molar-refractivity contribution in [1.82, 2.24) is 10.6 Å². The highest BCUT2D eigenvalue weighted by atomic mass is 16.5. The molecule has 0 saturated heterocycles. The lowest BCUT2D eigenvalue weighted by molar-refractivity contribution is -0.120. The molecule has 0 saturated carbocycles.